The third-order valence-corrected chi connectivity index (χ3v) is 3.71. The van der Waals surface area contributed by atoms with Gasteiger partial charge in [0.15, 0.2) is 5.69 Å². The summed E-state index contributed by atoms with van der Waals surface area (Å²) < 4.78 is 5.75. The lowest BCUT2D eigenvalue weighted by molar-refractivity contribution is 0.0593. The van der Waals surface area contributed by atoms with Gasteiger partial charge in [-0.05, 0) is 30.7 Å². The van der Waals surface area contributed by atoms with Crippen molar-refractivity contribution in [1.29, 1.82) is 0 Å². The Hall–Kier alpha value is -1.88. The molecule has 5 heteroatoms. The van der Waals surface area contributed by atoms with E-state index in [0.717, 1.165) is 31.8 Å². The molecule has 0 unspecified atom stereocenters. The number of methoxy groups -OCH3 is 1. The number of carbonyl (C=O) groups is 1. The maximum atomic E-state index is 11.7. The van der Waals surface area contributed by atoms with E-state index in [1.807, 2.05) is 25.1 Å². The molecule has 0 fully saturated rings. The van der Waals surface area contributed by atoms with Crippen LogP contribution in [0.3, 0.4) is 0 Å². The molecule has 0 saturated heterocycles. The van der Waals surface area contributed by atoms with Gasteiger partial charge in [0, 0.05) is 20.8 Å². The maximum Gasteiger partial charge on any atom is 0.356 e. The zero-order valence-corrected chi connectivity index (χ0v) is 12.0. The van der Waals surface area contributed by atoms with Crippen molar-refractivity contribution in [2.75, 3.05) is 7.11 Å². The number of pyridine rings is 1. The molecule has 96 valence electrons. The molecule has 0 amide bonds. The van der Waals surface area contributed by atoms with Crippen LogP contribution in [-0.4, -0.2) is 23.0 Å². The summed E-state index contributed by atoms with van der Waals surface area (Å²) in [4.78, 5) is 19.2. The highest BCUT2D eigenvalue weighted by Crippen LogP contribution is 2.31. The highest BCUT2D eigenvalue weighted by molar-refractivity contribution is 9.10. The standard InChI is InChI=1S/C14H11BrN2O2/c1-7-12-9-5-8(15)3-4-10(9)17-11(12)6-16-13(7)14(18)19-2/h3-6,17H,1-2H3. The number of ether oxygens (including phenoxy) is 1. The van der Waals surface area contributed by atoms with Crippen LogP contribution in [0, 0.1) is 6.92 Å². The number of H-pyrrole nitrogens is 1. The first-order valence-corrected chi connectivity index (χ1v) is 6.56. The quantitative estimate of drug-likeness (QED) is 0.698. The second-order valence-corrected chi connectivity index (χ2v) is 5.24. The fraction of sp³-hybridized carbons (Fsp3) is 0.143. The molecule has 3 aromatic rings. The largest absolute Gasteiger partial charge is 0.464 e. The lowest BCUT2D eigenvalue weighted by atomic mass is 10.1. The number of nitrogens with one attached hydrogen (secondary N) is 1. The van der Waals surface area contributed by atoms with Crippen molar-refractivity contribution in [2.45, 2.75) is 6.92 Å². The number of fused-ring (bicyclic) bond motifs is 3. The van der Waals surface area contributed by atoms with E-state index in [2.05, 4.69) is 25.9 Å². The van der Waals surface area contributed by atoms with Gasteiger partial charge in [0.05, 0.1) is 18.8 Å². The Bertz CT molecular complexity index is 808. The van der Waals surface area contributed by atoms with Crippen molar-refractivity contribution in [2.24, 2.45) is 0 Å². The van der Waals surface area contributed by atoms with Gasteiger partial charge in [0.2, 0.25) is 0 Å². The number of aromatic amines is 1. The lowest BCUT2D eigenvalue weighted by Gasteiger charge is -2.04. The molecule has 4 nitrogen and oxygen atoms in total. The number of carbonyl (C=O) groups excluding carboxylic acids is 1. The van der Waals surface area contributed by atoms with Gasteiger partial charge >= 0.3 is 5.97 Å². The summed E-state index contributed by atoms with van der Waals surface area (Å²) >= 11 is 3.47. The molecule has 0 aliphatic rings. The highest BCUT2D eigenvalue weighted by atomic mass is 79.9. The monoisotopic (exact) mass is 318 g/mol. The number of hydrogen-bond acceptors (Lipinski definition) is 3. The number of aromatic nitrogens is 2. The Kier molecular flexibility index (Phi) is 2.78. The Morgan fingerprint density at radius 2 is 2.16 bits per heavy atom. The topological polar surface area (TPSA) is 55.0 Å². The molecule has 0 atom stereocenters. The normalized spacial score (nSPS) is 11.1. The summed E-state index contributed by atoms with van der Waals surface area (Å²) in [5.41, 5.74) is 3.12. The van der Waals surface area contributed by atoms with Crippen molar-refractivity contribution in [3.63, 3.8) is 0 Å². The highest BCUT2D eigenvalue weighted by Gasteiger charge is 2.16. The van der Waals surface area contributed by atoms with Crippen LogP contribution in [-0.2, 0) is 4.74 Å². The maximum absolute atomic E-state index is 11.7. The number of nitrogens with zero attached hydrogens (tertiary/aromatic N) is 1. The van der Waals surface area contributed by atoms with Gasteiger partial charge in [-0.3, -0.25) is 0 Å². The summed E-state index contributed by atoms with van der Waals surface area (Å²) in [5.74, 6) is -0.413. The average molecular weight is 319 g/mol. The summed E-state index contributed by atoms with van der Waals surface area (Å²) in [5, 5.41) is 2.07. The molecule has 0 spiro atoms. The van der Waals surface area contributed by atoms with Gasteiger partial charge in [-0.2, -0.15) is 0 Å². The van der Waals surface area contributed by atoms with E-state index in [-0.39, 0.29) is 0 Å². The Morgan fingerprint density at radius 1 is 1.37 bits per heavy atom. The van der Waals surface area contributed by atoms with Crippen LogP contribution >= 0.6 is 15.9 Å². The summed E-state index contributed by atoms with van der Waals surface area (Å²) in [6, 6.07) is 6.00. The Morgan fingerprint density at radius 3 is 2.89 bits per heavy atom. The number of aryl methyl sites for hydroxylation is 1. The van der Waals surface area contributed by atoms with Gasteiger partial charge in [0.1, 0.15) is 0 Å². The van der Waals surface area contributed by atoms with Crippen LogP contribution in [0.5, 0.6) is 0 Å². The van der Waals surface area contributed by atoms with Crippen LogP contribution in [0.2, 0.25) is 0 Å². The summed E-state index contributed by atoms with van der Waals surface area (Å²) in [7, 11) is 1.36. The van der Waals surface area contributed by atoms with Crippen molar-refractivity contribution < 1.29 is 9.53 Å². The molecule has 0 aliphatic carbocycles. The lowest BCUT2D eigenvalue weighted by Crippen LogP contribution is -2.06. The first kappa shape index (κ1) is 12.2. The van der Waals surface area contributed by atoms with Crippen LogP contribution in [0.4, 0.5) is 0 Å². The van der Waals surface area contributed by atoms with E-state index in [4.69, 9.17) is 4.74 Å². The second kappa shape index (κ2) is 4.35. The van der Waals surface area contributed by atoms with E-state index in [9.17, 15) is 4.79 Å². The van der Waals surface area contributed by atoms with Gasteiger partial charge < -0.3 is 9.72 Å². The SMILES string of the molecule is COC(=O)c1ncc2[nH]c3ccc(Br)cc3c2c1C. The molecule has 0 saturated carbocycles. The smallest absolute Gasteiger partial charge is 0.356 e. The van der Waals surface area contributed by atoms with E-state index in [0.29, 0.717) is 5.69 Å². The fourth-order valence-electron chi connectivity index (χ4n) is 2.33. The minimum atomic E-state index is -0.413. The molecule has 0 aliphatic heterocycles. The van der Waals surface area contributed by atoms with Crippen molar-refractivity contribution in [3.05, 3.63) is 40.1 Å². The number of benzene rings is 1. The number of esters is 1. The summed E-state index contributed by atoms with van der Waals surface area (Å²) in [6.45, 7) is 1.88. The third-order valence-electron chi connectivity index (χ3n) is 3.22. The zero-order chi connectivity index (χ0) is 13.6. The van der Waals surface area contributed by atoms with Crippen LogP contribution in [0.15, 0.2) is 28.9 Å². The molecule has 0 bridgehead atoms. The molecule has 2 aromatic heterocycles. The minimum absolute atomic E-state index is 0.357. The molecule has 3 rings (SSSR count). The molecule has 1 aromatic carbocycles. The van der Waals surface area contributed by atoms with Crippen LogP contribution in [0.25, 0.3) is 21.8 Å². The number of halogens is 1. The van der Waals surface area contributed by atoms with Crippen molar-refractivity contribution in [3.8, 4) is 0 Å². The number of hydrogen-bond donors (Lipinski definition) is 1. The first-order chi connectivity index (χ1) is 9.11. The molecular weight excluding hydrogens is 308 g/mol. The zero-order valence-electron chi connectivity index (χ0n) is 10.5. The third kappa shape index (κ3) is 1.81. The minimum Gasteiger partial charge on any atom is -0.464 e. The van der Waals surface area contributed by atoms with E-state index in [1.54, 1.807) is 6.20 Å². The predicted octanol–water partition coefficient (Wildman–Crippen LogP) is 3.57. The summed E-state index contributed by atoms with van der Waals surface area (Å²) in [6.07, 6.45) is 1.67. The molecule has 1 N–H and O–H groups in total. The van der Waals surface area contributed by atoms with Gasteiger partial charge in [0.25, 0.3) is 0 Å². The fourth-order valence-corrected chi connectivity index (χ4v) is 2.69. The molecule has 0 radical (unpaired) electrons. The Balaban J connectivity index is 2.43. The van der Waals surface area contributed by atoms with Gasteiger partial charge in [-0.15, -0.1) is 0 Å². The van der Waals surface area contributed by atoms with Crippen molar-refractivity contribution >= 4 is 43.7 Å². The second-order valence-electron chi connectivity index (χ2n) is 4.33. The molecule has 19 heavy (non-hydrogen) atoms. The van der Waals surface area contributed by atoms with Gasteiger partial charge in [-0.1, -0.05) is 15.9 Å². The molecule has 2 heterocycles. The van der Waals surface area contributed by atoms with E-state index >= 15 is 0 Å². The Labute approximate surface area is 117 Å². The van der Waals surface area contributed by atoms with Crippen LogP contribution < -0.4 is 0 Å². The van der Waals surface area contributed by atoms with Crippen LogP contribution in [0.1, 0.15) is 16.1 Å². The van der Waals surface area contributed by atoms with E-state index < -0.39 is 5.97 Å². The van der Waals surface area contributed by atoms with E-state index in [1.165, 1.54) is 7.11 Å². The first-order valence-electron chi connectivity index (χ1n) is 5.76. The average Bonchev–Trinajstić information content (AvgIpc) is 2.76. The van der Waals surface area contributed by atoms with Gasteiger partial charge in [-0.25, -0.2) is 9.78 Å². The number of rotatable bonds is 1. The predicted molar refractivity (Wildman–Crippen MR) is 77.4 cm³/mol. The van der Waals surface area contributed by atoms with Crippen molar-refractivity contribution in [1.82, 2.24) is 9.97 Å². The molecular formula is C14H11BrN2O2.